The average molecular weight is 242 g/mol. The number of carboxylic acids is 1. The first-order valence-corrected chi connectivity index (χ1v) is 3.75. The second-order valence-corrected chi connectivity index (χ2v) is 3.62. The van der Waals surface area contributed by atoms with Crippen LogP contribution in [0.5, 0.6) is 0 Å². The van der Waals surface area contributed by atoms with Crippen LogP contribution in [0.15, 0.2) is 6.08 Å². The van der Waals surface area contributed by atoms with Crippen LogP contribution in [0.4, 0.5) is 0 Å². The van der Waals surface area contributed by atoms with Crippen LogP contribution in [-0.4, -0.2) is 11.1 Å². The summed E-state index contributed by atoms with van der Waals surface area (Å²) >= 11 is 0. The van der Waals surface area contributed by atoms with Crippen molar-refractivity contribution in [3.05, 3.63) is 12.2 Å². The van der Waals surface area contributed by atoms with Gasteiger partial charge in [0.15, 0.2) is 0 Å². The minimum absolute atomic E-state index is 0. The molecule has 12 heavy (non-hydrogen) atoms. The number of carboxylic acid groups (broad SMARTS) is 1. The number of allylic oxidation sites excluding steroid dienone is 2. The fraction of sp³-hybridized carbons (Fsp3) is 0.667. The molecule has 0 aliphatic heterocycles. The fourth-order valence-corrected chi connectivity index (χ4v) is 1.64. The molecule has 0 unspecified atom stereocenters. The second-order valence-electron chi connectivity index (χ2n) is 3.62. The van der Waals surface area contributed by atoms with Crippen molar-refractivity contribution in [3.8, 4) is 0 Å². The van der Waals surface area contributed by atoms with Gasteiger partial charge in [-0.3, -0.25) is 10.9 Å². The Hall–Kier alpha value is 0.314. The zero-order valence-electron chi connectivity index (χ0n) is 7.66. The molecule has 1 aliphatic carbocycles. The van der Waals surface area contributed by atoms with Gasteiger partial charge in [0.05, 0.1) is 5.92 Å². The molecule has 3 heteroatoms. The Morgan fingerprint density at radius 1 is 1.58 bits per heavy atom. The molecular formula is C9H13O2Y-. The van der Waals surface area contributed by atoms with Gasteiger partial charge in [-0.05, 0) is 11.3 Å². The van der Waals surface area contributed by atoms with E-state index in [0.717, 1.165) is 0 Å². The molecule has 0 saturated heterocycles. The number of hydrogen-bond acceptors (Lipinski definition) is 1. The maximum Gasteiger partial charge on any atom is 0.307 e. The molecular weight excluding hydrogens is 229 g/mol. The van der Waals surface area contributed by atoms with Gasteiger partial charge in [0, 0.05) is 32.7 Å². The predicted octanol–water partition coefficient (Wildman–Crippen LogP) is 1.72. The van der Waals surface area contributed by atoms with E-state index in [1.807, 2.05) is 19.9 Å². The summed E-state index contributed by atoms with van der Waals surface area (Å²) in [6, 6.07) is 0. The summed E-state index contributed by atoms with van der Waals surface area (Å²) < 4.78 is 0. The van der Waals surface area contributed by atoms with Crippen molar-refractivity contribution in [1.29, 1.82) is 0 Å². The van der Waals surface area contributed by atoms with Gasteiger partial charge in [-0.2, -0.15) is 6.92 Å². The number of aliphatic carboxylic acids is 1. The van der Waals surface area contributed by atoms with E-state index in [9.17, 15) is 4.79 Å². The molecule has 1 N–H and O–H groups in total. The summed E-state index contributed by atoms with van der Waals surface area (Å²) in [5, 5.41) is 8.74. The molecule has 1 radical (unpaired) electrons. The number of hydrogen-bond donors (Lipinski definition) is 1. The molecule has 0 bridgehead atoms. The van der Waals surface area contributed by atoms with E-state index in [4.69, 9.17) is 5.11 Å². The topological polar surface area (TPSA) is 37.3 Å². The van der Waals surface area contributed by atoms with Crippen LogP contribution in [-0.2, 0) is 37.5 Å². The summed E-state index contributed by atoms with van der Waals surface area (Å²) in [6.45, 7) is 5.75. The SMILES string of the molecule is C[C-]=C[C@H]1[C@@H](C(=O)O)C1(C)C.[Y]. The van der Waals surface area contributed by atoms with E-state index in [1.165, 1.54) is 0 Å². The summed E-state index contributed by atoms with van der Waals surface area (Å²) in [6.07, 6.45) is 4.74. The summed E-state index contributed by atoms with van der Waals surface area (Å²) in [5.41, 5.74) is -0.0607. The monoisotopic (exact) mass is 242 g/mol. The van der Waals surface area contributed by atoms with Crippen LogP contribution in [0.25, 0.3) is 0 Å². The molecule has 0 aromatic rings. The Labute approximate surface area is 98.3 Å². The Bertz CT molecular complexity index is 209. The molecule has 0 aromatic carbocycles. The molecule has 1 aliphatic rings. The molecule has 2 atom stereocenters. The zero-order valence-corrected chi connectivity index (χ0v) is 10.5. The Balaban J connectivity index is 0.00000121. The zero-order chi connectivity index (χ0) is 8.65. The standard InChI is InChI=1S/C9H13O2.Y/c1-4-5-6-7(8(10)11)9(6,2)3;/h5-7H,1-3H3,(H,10,11);/q-1;/t6-,7-;/m0./s1. The summed E-state index contributed by atoms with van der Waals surface area (Å²) in [5.74, 6) is -0.702. The molecule has 0 aromatic heterocycles. The van der Waals surface area contributed by atoms with Crippen molar-refractivity contribution in [2.45, 2.75) is 20.8 Å². The van der Waals surface area contributed by atoms with E-state index in [1.54, 1.807) is 6.92 Å². The van der Waals surface area contributed by atoms with Crippen LogP contribution >= 0.6 is 0 Å². The average Bonchev–Trinajstić information content (AvgIpc) is 2.35. The molecule has 1 saturated carbocycles. The van der Waals surface area contributed by atoms with Gasteiger partial charge in [-0.1, -0.05) is 13.8 Å². The third kappa shape index (κ3) is 1.97. The van der Waals surface area contributed by atoms with E-state index in [-0.39, 0.29) is 50.0 Å². The van der Waals surface area contributed by atoms with Gasteiger partial charge < -0.3 is 11.2 Å². The minimum Gasteiger partial charge on any atom is -0.503 e. The van der Waals surface area contributed by atoms with Crippen LogP contribution in [0.1, 0.15) is 20.8 Å². The Morgan fingerprint density at radius 3 is 2.33 bits per heavy atom. The number of rotatable bonds is 2. The molecule has 1 fully saturated rings. The summed E-state index contributed by atoms with van der Waals surface area (Å²) in [4.78, 5) is 10.6. The van der Waals surface area contributed by atoms with Crippen molar-refractivity contribution in [2.75, 3.05) is 0 Å². The maximum absolute atomic E-state index is 10.6. The quantitative estimate of drug-likeness (QED) is 0.748. The van der Waals surface area contributed by atoms with E-state index in [2.05, 4.69) is 6.08 Å². The first-order valence-electron chi connectivity index (χ1n) is 3.75. The molecule has 0 heterocycles. The third-order valence-electron chi connectivity index (χ3n) is 2.52. The number of carbonyl (C=O) groups is 1. The Kier molecular flexibility index (Phi) is 4.12. The van der Waals surface area contributed by atoms with Gasteiger partial charge >= 0.3 is 5.97 Å². The van der Waals surface area contributed by atoms with Crippen molar-refractivity contribution in [3.63, 3.8) is 0 Å². The van der Waals surface area contributed by atoms with Gasteiger partial charge in [0.1, 0.15) is 0 Å². The van der Waals surface area contributed by atoms with E-state index >= 15 is 0 Å². The first kappa shape index (κ1) is 12.3. The first-order chi connectivity index (χ1) is 5.01. The third-order valence-corrected chi connectivity index (χ3v) is 2.52. The normalized spacial score (nSPS) is 31.2. The van der Waals surface area contributed by atoms with Gasteiger partial charge in [0.2, 0.25) is 0 Å². The van der Waals surface area contributed by atoms with Crippen LogP contribution in [0, 0.1) is 23.3 Å². The smallest absolute Gasteiger partial charge is 0.307 e. The molecule has 0 amide bonds. The van der Waals surface area contributed by atoms with Crippen molar-refractivity contribution in [1.82, 2.24) is 0 Å². The van der Waals surface area contributed by atoms with Crippen LogP contribution in [0.2, 0.25) is 0 Å². The summed E-state index contributed by atoms with van der Waals surface area (Å²) in [7, 11) is 0. The molecule has 0 spiro atoms. The van der Waals surface area contributed by atoms with Gasteiger partial charge in [-0.15, -0.1) is 0 Å². The van der Waals surface area contributed by atoms with Gasteiger partial charge in [-0.25, -0.2) is 0 Å². The largest absolute Gasteiger partial charge is 0.503 e. The van der Waals surface area contributed by atoms with E-state index < -0.39 is 5.97 Å². The van der Waals surface area contributed by atoms with Crippen molar-refractivity contribution in [2.24, 2.45) is 17.3 Å². The van der Waals surface area contributed by atoms with Crippen LogP contribution in [0.3, 0.4) is 0 Å². The van der Waals surface area contributed by atoms with Crippen molar-refractivity contribution >= 4 is 5.97 Å². The minimum atomic E-state index is -0.688. The van der Waals surface area contributed by atoms with E-state index in [0.29, 0.717) is 0 Å². The van der Waals surface area contributed by atoms with Gasteiger partial charge in [0.25, 0.3) is 0 Å². The molecule has 1 rings (SSSR count). The predicted molar refractivity (Wildman–Crippen MR) is 41.9 cm³/mol. The fourth-order valence-electron chi connectivity index (χ4n) is 1.64. The Morgan fingerprint density at radius 2 is 2.08 bits per heavy atom. The second kappa shape index (κ2) is 4.01. The molecule has 65 valence electrons. The van der Waals surface area contributed by atoms with Crippen molar-refractivity contribution < 1.29 is 42.6 Å². The maximum atomic E-state index is 10.6. The van der Waals surface area contributed by atoms with Crippen LogP contribution < -0.4 is 0 Å². The molecule has 2 nitrogen and oxygen atoms in total.